The van der Waals surface area contributed by atoms with Crippen molar-refractivity contribution in [2.24, 2.45) is 11.8 Å². The highest BCUT2D eigenvalue weighted by Gasteiger charge is 2.27. The molecule has 21 heavy (non-hydrogen) atoms. The van der Waals surface area contributed by atoms with Gasteiger partial charge in [-0.05, 0) is 30.4 Å². The first-order valence-electron chi connectivity index (χ1n) is 7.76. The number of nitrogens with two attached hydrogens (primary N) is 1. The van der Waals surface area contributed by atoms with E-state index in [0.29, 0.717) is 23.2 Å². The van der Waals surface area contributed by atoms with E-state index in [2.05, 4.69) is 39.6 Å². The van der Waals surface area contributed by atoms with E-state index in [4.69, 9.17) is 5.73 Å². The van der Waals surface area contributed by atoms with Gasteiger partial charge in [0.05, 0.1) is 0 Å². The number of pyridine rings is 1. The van der Waals surface area contributed by atoms with E-state index in [-0.39, 0.29) is 11.3 Å². The molecular formula is C17H27N3O. The second-order valence-electron chi connectivity index (χ2n) is 7.41. The summed E-state index contributed by atoms with van der Waals surface area (Å²) in [7, 11) is 0. The molecule has 1 fully saturated rings. The summed E-state index contributed by atoms with van der Waals surface area (Å²) in [5.41, 5.74) is 7.30. The van der Waals surface area contributed by atoms with Crippen molar-refractivity contribution in [2.75, 3.05) is 18.8 Å². The third kappa shape index (κ3) is 3.55. The Morgan fingerprint density at radius 3 is 2.52 bits per heavy atom. The number of carbonyl (C=O) groups excluding carboxylic acids is 1. The number of likely N-dealkylation sites (tertiary alicyclic amines) is 1. The van der Waals surface area contributed by atoms with Crippen LogP contribution in [0, 0.1) is 11.8 Å². The molecule has 0 spiro atoms. The average Bonchev–Trinajstić information content (AvgIpc) is 2.39. The Bertz CT molecular complexity index is 533. The van der Waals surface area contributed by atoms with E-state index in [1.165, 1.54) is 0 Å². The van der Waals surface area contributed by atoms with Crippen LogP contribution in [0.1, 0.15) is 57.1 Å². The van der Waals surface area contributed by atoms with Gasteiger partial charge < -0.3 is 10.6 Å². The maximum Gasteiger partial charge on any atom is 0.254 e. The molecule has 1 aromatic heterocycles. The number of amides is 1. The first-order valence-corrected chi connectivity index (χ1v) is 7.76. The summed E-state index contributed by atoms with van der Waals surface area (Å²) in [4.78, 5) is 19.0. The van der Waals surface area contributed by atoms with E-state index >= 15 is 0 Å². The van der Waals surface area contributed by atoms with Gasteiger partial charge in [0.25, 0.3) is 5.91 Å². The number of nitrogens with zero attached hydrogens (tertiary/aromatic N) is 2. The van der Waals surface area contributed by atoms with Gasteiger partial charge in [0.2, 0.25) is 0 Å². The van der Waals surface area contributed by atoms with Crippen LogP contribution in [0.3, 0.4) is 0 Å². The molecule has 1 aliphatic heterocycles. The number of carbonyl (C=O) groups is 1. The second kappa shape index (κ2) is 5.66. The van der Waals surface area contributed by atoms with Gasteiger partial charge >= 0.3 is 0 Å². The maximum absolute atomic E-state index is 12.7. The van der Waals surface area contributed by atoms with Gasteiger partial charge in [-0.3, -0.25) is 4.79 Å². The molecule has 2 rings (SSSR count). The van der Waals surface area contributed by atoms with Gasteiger partial charge in [-0.15, -0.1) is 0 Å². The van der Waals surface area contributed by atoms with Crippen LogP contribution >= 0.6 is 0 Å². The Morgan fingerprint density at radius 1 is 1.29 bits per heavy atom. The zero-order valence-electron chi connectivity index (χ0n) is 13.8. The van der Waals surface area contributed by atoms with Crippen LogP contribution in [0.15, 0.2) is 12.1 Å². The molecule has 2 atom stereocenters. The summed E-state index contributed by atoms with van der Waals surface area (Å²) in [5.74, 6) is 1.73. The fourth-order valence-corrected chi connectivity index (χ4v) is 2.69. The van der Waals surface area contributed by atoms with Crippen molar-refractivity contribution in [1.29, 1.82) is 0 Å². The zero-order chi connectivity index (χ0) is 15.8. The quantitative estimate of drug-likeness (QED) is 0.864. The van der Waals surface area contributed by atoms with Crippen LogP contribution in [0.2, 0.25) is 0 Å². The second-order valence-corrected chi connectivity index (χ2v) is 7.41. The van der Waals surface area contributed by atoms with E-state index in [9.17, 15) is 4.79 Å². The number of hydrogen-bond donors (Lipinski definition) is 1. The van der Waals surface area contributed by atoms with E-state index in [1.54, 1.807) is 6.07 Å². The minimum Gasteiger partial charge on any atom is -0.384 e. The predicted octanol–water partition coefficient (Wildman–Crippen LogP) is 3.08. The topological polar surface area (TPSA) is 59.2 Å². The largest absolute Gasteiger partial charge is 0.384 e. The Labute approximate surface area is 127 Å². The van der Waals surface area contributed by atoms with Crippen LogP contribution in [0.4, 0.5) is 5.82 Å². The van der Waals surface area contributed by atoms with E-state index in [0.717, 1.165) is 25.2 Å². The van der Waals surface area contributed by atoms with Crippen molar-refractivity contribution in [2.45, 2.75) is 46.5 Å². The number of aromatic nitrogens is 1. The maximum atomic E-state index is 12.7. The Kier molecular flexibility index (Phi) is 4.26. The highest BCUT2D eigenvalue weighted by Crippen LogP contribution is 2.26. The molecule has 4 heteroatoms. The Hall–Kier alpha value is -1.58. The van der Waals surface area contributed by atoms with Gasteiger partial charge in [-0.2, -0.15) is 0 Å². The van der Waals surface area contributed by atoms with Gasteiger partial charge in [0, 0.05) is 29.8 Å². The SMILES string of the molecule is CC1CCN(C(=O)c2cc(N)nc(C(C)(C)C)c2)CC1C. The fourth-order valence-electron chi connectivity index (χ4n) is 2.69. The lowest BCUT2D eigenvalue weighted by molar-refractivity contribution is 0.0627. The first kappa shape index (κ1) is 15.8. The number of nitrogen functional groups attached to an aromatic ring is 1. The lowest BCUT2D eigenvalue weighted by atomic mass is 9.88. The number of hydrogen-bond acceptors (Lipinski definition) is 3. The fraction of sp³-hybridized carbons (Fsp3) is 0.647. The van der Waals surface area contributed by atoms with Gasteiger partial charge in [0.1, 0.15) is 5.82 Å². The lowest BCUT2D eigenvalue weighted by Gasteiger charge is -2.35. The molecule has 2 N–H and O–H groups in total. The molecule has 0 radical (unpaired) electrons. The minimum atomic E-state index is -0.117. The molecule has 1 saturated heterocycles. The number of anilines is 1. The highest BCUT2D eigenvalue weighted by molar-refractivity contribution is 5.95. The van der Waals surface area contributed by atoms with Crippen LogP contribution in [0.25, 0.3) is 0 Å². The van der Waals surface area contributed by atoms with Crippen molar-refractivity contribution in [1.82, 2.24) is 9.88 Å². The first-order chi connectivity index (χ1) is 9.68. The molecule has 0 aliphatic carbocycles. The summed E-state index contributed by atoms with van der Waals surface area (Å²) in [6.07, 6.45) is 1.07. The van der Waals surface area contributed by atoms with Crippen molar-refractivity contribution >= 4 is 11.7 Å². The lowest BCUT2D eigenvalue weighted by Crippen LogP contribution is -2.42. The smallest absolute Gasteiger partial charge is 0.254 e. The summed E-state index contributed by atoms with van der Waals surface area (Å²) >= 11 is 0. The van der Waals surface area contributed by atoms with Crippen LogP contribution in [-0.4, -0.2) is 28.9 Å². The molecule has 1 aliphatic rings. The average molecular weight is 289 g/mol. The van der Waals surface area contributed by atoms with Crippen molar-refractivity contribution in [3.8, 4) is 0 Å². The predicted molar refractivity (Wildman–Crippen MR) is 86.2 cm³/mol. The normalized spacial score (nSPS) is 23.2. The monoisotopic (exact) mass is 289 g/mol. The molecule has 1 aromatic rings. The Balaban J connectivity index is 2.25. The molecule has 1 amide bonds. The summed E-state index contributed by atoms with van der Waals surface area (Å²) in [5, 5.41) is 0. The van der Waals surface area contributed by atoms with Gasteiger partial charge in [-0.1, -0.05) is 34.6 Å². The third-order valence-corrected chi connectivity index (χ3v) is 4.48. The standard InChI is InChI=1S/C17H27N3O/c1-11-6-7-20(10-12(11)2)16(21)13-8-14(17(3,4)5)19-15(18)9-13/h8-9,11-12H,6-7,10H2,1-5H3,(H2,18,19). The number of rotatable bonds is 1. The van der Waals surface area contributed by atoms with Crippen LogP contribution in [-0.2, 0) is 5.41 Å². The summed E-state index contributed by atoms with van der Waals surface area (Å²) in [6.45, 7) is 12.4. The summed E-state index contributed by atoms with van der Waals surface area (Å²) in [6, 6.07) is 3.58. The molecular weight excluding hydrogens is 262 g/mol. The molecule has 0 aromatic carbocycles. The highest BCUT2D eigenvalue weighted by atomic mass is 16.2. The molecule has 2 unspecified atom stereocenters. The molecule has 0 bridgehead atoms. The van der Waals surface area contributed by atoms with Crippen molar-refractivity contribution < 1.29 is 4.79 Å². The van der Waals surface area contributed by atoms with E-state index < -0.39 is 0 Å². The summed E-state index contributed by atoms with van der Waals surface area (Å²) < 4.78 is 0. The van der Waals surface area contributed by atoms with Crippen LogP contribution < -0.4 is 5.73 Å². The third-order valence-electron chi connectivity index (χ3n) is 4.48. The zero-order valence-corrected chi connectivity index (χ0v) is 13.8. The number of piperidine rings is 1. The van der Waals surface area contributed by atoms with Gasteiger partial charge in [0.15, 0.2) is 0 Å². The Morgan fingerprint density at radius 2 is 1.95 bits per heavy atom. The molecule has 116 valence electrons. The van der Waals surface area contributed by atoms with Crippen molar-refractivity contribution in [3.05, 3.63) is 23.4 Å². The molecule has 2 heterocycles. The van der Waals surface area contributed by atoms with Crippen LogP contribution in [0.5, 0.6) is 0 Å². The minimum absolute atomic E-state index is 0.0772. The van der Waals surface area contributed by atoms with Crippen molar-refractivity contribution in [3.63, 3.8) is 0 Å². The molecule has 0 saturated carbocycles. The van der Waals surface area contributed by atoms with E-state index in [1.807, 2.05) is 11.0 Å². The molecule has 4 nitrogen and oxygen atoms in total. The van der Waals surface area contributed by atoms with Gasteiger partial charge in [-0.25, -0.2) is 4.98 Å².